The van der Waals surface area contributed by atoms with Crippen LogP contribution in [0.3, 0.4) is 0 Å². The molecule has 1 heterocycles. The summed E-state index contributed by atoms with van der Waals surface area (Å²) < 4.78 is 25.9. The Kier molecular flexibility index (Phi) is 3.46. The highest BCUT2D eigenvalue weighted by Gasteiger charge is 2.23. The largest absolute Gasteiger partial charge is 0.212 e. The number of benzene rings is 1. The van der Waals surface area contributed by atoms with E-state index in [-0.39, 0.29) is 10.8 Å². The lowest BCUT2D eigenvalue weighted by atomic mass is 9.81. The van der Waals surface area contributed by atoms with E-state index in [1.54, 1.807) is 0 Å². The van der Waals surface area contributed by atoms with E-state index in [0.717, 1.165) is 22.4 Å². The minimum Gasteiger partial charge on any atom is -0.201 e. The van der Waals surface area contributed by atoms with Crippen molar-refractivity contribution >= 4 is 0 Å². The maximum Gasteiger partial charge on any atom is 0.212 e. The Morgan fingerprint density at radius 3 is 2.04 bits per heavy atom. The van der Waals surface area contributed by atoms with Crippen molar-refractivity contribution in [2.75, 3.05) is 0 Å². The van der Waals surface area contributed by atoms with E-state index in [0.29, 0.717) is 5.56 Å². The number of hydrogen-bond donors (Lipinski definition) is 0. The van der Waals surface area contributed by atoms with E-state index < -0.39 is 6.85 Å². The summed E-state index contributed by atoms with van der Waals surface area (Å²) in [6.07, 6.45) is 2.17. The van der Waals surface area contributed by atoms with E-state index >= 15 is 0 Å². The van der Waals surface area contributed by atoms with Crippen LogP contribution in [-0.4, -0.2) is 0 Å². The lowest BCUT2D eigenvalue weighted by molar-refractivity contribution is -0.661. The minimum atomic E-state index is -2.11. The van der Waals surface area contributed by atoms with E-state index in [2.05, 4.69) is 77.6 Å². The molecule has 124 valence electrons. The molecule has 0 fully saturated rings. The fourth-order valence-corrected chi connectivity index (χ4v) is 2.94. The van der Waals surface area contributed by atoms with Gasteiger partial charge < -0.3 is 0 Å². The van der Waals surface area contributed by atoms with Crippen LogP contribution in [-0.2, 0) is 17.9 Å². The molecule has 0 saturated heterocycles. The average Bonchev–Trinajstić information content (AvgIpc) is 2.44. The van der Waals surface area contributed by atoms with Gasteiger partial charge in [-0.3, -0.25) is 0 Å². The molecule has 0 aliphatic rings. The molecule has 2 aromatic rings. The summed E-state index contributed by atoms with van der Waals surface area (Å²) in [5, 5.41) is 0. The zero-order chi connectivity index (χ0) is 20.1. The van der Waals surface area contributed by atoms with Crippen LogP contribution in [0.5, 0.6) is 0 Å². The molecular formula is C22H32N+. The topological polar surface area (TPSA) is 3.88 Å². The molecule has 2 rings (SSSR count). The lowest BCUT2D eigenvalue weighted by Gasteiger charge is -2.23. The van der Waals surface area contributed by atoms with Crippen LogP contribution in [0.4, 0.5) is 0 Å². The predicted octanol–water partition coefficient (Wildman–Crippen LogP) is 5.39. The monoisotopic (exact) mass is 313 g/mol. The Bertz CT molecular complexity index is 819. The van der Waals surface area contributed by atoms with Crippen molar-refractivity contribution in [2.45, 2.75) is 66.1 Å². The summed E-state index contributed by atoms with van der Waals surface area (Å²) >= 11 is 0. The molecule has 1 aromatic heterocycles. The first kappa shape index (κ1) is 13.8. The van der Waals surface area contributed by atoms with Crippen LogP contribution in [0.15, 0.2) is 30.5 Å². The van der Waals surface area contributed by atoms with Gasteiger partial charge in [-0.05, 0) is 53.4 Å². The van der Waals surface area contributed by atoms with Gasteiger partial charge in [0.05, 0.1) is 0 Å². The highest BCUT2D eigenvalue weighted by Crippen LogP contribution is 2.32. The molecule has 0 bridgehead atoms. The van der Waals surface area contributed by atoms with Crippen LogP contribution in [0.2, 0.25) is 0 Å². The maximum absolute atomic E-state index is 7.93. The van der Waals surface area contributed by atoms with Crippen molar-refractivity contribution in [2.24, 2.45) is 7.05 Å². The van der Waals surface area contributed by atoms with Crippen molar-refractivity contribution in [3.63, 3.8) is 0 Å². The summed E-state index contributed by atoms with van der Waals surface area (Å²) in [7, 11) is 2.05. The average molecular weight is 314 g/mol. The first-order chi connectivity index (χ1) is 11.6. The van der Waals surface area contributed by atoms with E-state index in [4.69, 9.17) is 4.11 Å². The highest BCUT2D eigenvalue weighted by molar-refractivity contribution is 5.64. The fourth-order valence-electron chi connectivity index (χ4n) is 2.94. The Hall–Kier alpha value is -1.63. The molecule has 1 nitrogen and oxygen atoms in total. The molecule has 0 radical (unpaired) electrons. The maximum atomic E-state index is 7.93. The summed E-state index contributed by atoms with van der Waals surface area (Å²) in [5.74, 6) is 0. The zero-order valence-electron chi connectivity index (χ0n) is 18.8. The molecule has 0 spiro atoms. The Morgan fingerprint density at radius 1 is 0.913 bits per heavy atom. The lowest BCUT2D eigenvalue weighted by Crippen LogP contribution is -2.33. The molecule has 0 N–H and O–H groups in total. The highest BCUT2D eigenvalue weighted by atomic mass is 14.9. The smallest absolute Gasteiger partial charge is 0.201 e. The third-order valence-electron chi connectivity index (χ3n) is 4.45. The second-order valence-corrected chi connectivity index (χ2v) is 8.63. The number of rotatable bonds is 1. The first-order valence-corrected chi connectivity index (χ1v) is 8.28. The first-order valence-electron chi connectivity index (χ1n) is 9.78. The van der Waals surface area contributed by atoms with Gasteiger partial charge >= 0.3 is 0 Å². The number of aryl methyl sites for hydroxylation is 3. The summed E-state index contributed by atoms with van der Waals surface area (Å²) in [5.41, 5.74) is 5.64. The number of aromatic nitrogens is 1. The SMILES string of the molecule is [2H]C([2H])([2H])c1cc(C)c(-c2ccc(C(C)(C)C)c[n+]2C)cc1C(C)(C)C. The summed E-state index contributed by atoms with van der Waals surface area (Å²) in [6.45, 7) is 12.7. The van der Waals surface area contributed by atoms with E-state index in [9.17, 15) is 0 Å². The third-order valence-corrected chi connectivity index (χ3v) is 4.45. The second-order valence-electron chi connectivity index (χ2n) is 8.63. The number of pyridine rings is 1. The van der Waals surface area contributed by atoms with Crippen molar-refractivity contribution in [3.05, 3.63) is 52.7 Å². The standard InChI is InChI=1S/C22H32N/c1-15-12-16(2)19(22(6,7)8)13-18(15)20-11-10-17(14-23(20)9)21(3,4)5/h10-14H,1-9H3/q+1/i2D3. The predicted molar refractivity (Wildman–Crippen MR) is 99.9 cm³/mol. The fraction of sp³-hybridized carbons (Fsp3) is 0.500. The molecule has 0 aliphatic carbocycles. The molecule has 0 amide bonds. The third kappa shape index (κ3) is 3.65. The van der Waals surface area contributed by atoms with Crippen molar-refractivity contribution in [3.8, 4) is 11.3 Å². The summed E-state index contributed by atoms with van der Waals surface area (Å²) in [4.78, 5) is 0. The molecule has 1 heteroatoms. The van der Waals surface area contributed by atoms with Gasteiger partial charge in [0, 0.05) is 21.3 Å². The molecule has 0 atom stereocenters. The van der Waals surface area contributed by atoms with Gasteiger partial charge in [-0.2, -0.15) is 0 Å². The van der Waals surface area contributed by atoms with Crippen LogP contribution in [0, 0.1) is 13.8 Å². The van der Waals surface area contributed by atoms with Gasteiger partial charge in [0.2, 0.25) is 5.69 Å². The Labute approximate surface area is 146 Å². The van der Waals surface area contributed by atoms with Gasteiger partial charge in [0.25, 0.3) is 0 Å². The van der Waals surface area contributed by atoms with E-state index in [1.165, 1.54) is 5.56 Å². The zero-order valence-corrected chi connectivity index (χ0v) is 15.8. The second kappa shape index (κ2) is 5.78. The molecule has 23 heavy (non-hydrogen) atoms. The Morgan fingerprint density at radius 2 is 1.57 bits per heavy atom. The Balaban J connectivity index is 2.72. The van der Waals surface area contributed by atoms with Crippen molar-refractivity contribution in [1.82, 2.24) is 0 Å². The van der Waals surface area contributed by atoms with Crippen molar-refractivity contribution in [1.29, 1.82) is 0 Å². The van der Waals surface area contributed by atoms with Gasteiger partial charge in [-0.1, -0.05) is 47.6 Å². The van der Waals surface area contributed by atoms with Crippen LogP contribution >= 0.6 is 0 Å². The van der Waals surface area contributed by atoms with Gasteiger partial charge in [0.1, 0.15) is 7.05 Å². The van der Waals surface area contributed by atoms with Crippen LogP contribution < -0.4 is 4.57 Å². The normalized spacial score (nSPS) is 15.0. The van der Waals surface area contributed by atoms with Crippen molar-refractivity contribution < 1.29 is 8.68 Å². The molecule has 0 aliphatic heterocycles. The minimum absolute atomic E-state index is 0.0903. The van der Waals surface area contributed by atoms with E-state index in [1.807, 2.05) is 13.0 Å². The molecule has 0 unspecified atom stereocenters. The number of nitrogens with zero attached hydrogens (tertiary/aromatic N) is 1. The van der Waals surface area contributed by atoms with Gasteiger partial charge in [-0.25, -0.2) is 4.57 Å². The molecule has 1 aromatic carbocycles. The van der Waals surface area contributed by atoms with Crippen LogP contribution in [0.1, 0.15) is 67.9 Å². The van der Waals surface area contributed by atoms with Gasteiger partial charge in [0.15, 0.2) is 6.20 Å². The van der Waals surface area contributed by atoms with Gasteiger partial charge in [-0.15, -0.1) is 0 Å². The van der Waals surface area contributed by atoms with Crippen LogP contribution in [0.25, 0.3) is 11.3 Å². The molecular weight excluding hydrogens is 278 g/mol. The quantitative estimate of drug-likeness (QED) is 0.621. The summed E-state index contributed by atoms with van der Waals surface area (Å²) in [6, 6.07) is 8.23. The number of hydrogen-bond acceptors (Lipinski definition) is 0. The molecule has 0 saturated carbocycles.